The molecule has 2 N–H and O–H groups in total. The lowest BCUT2D eigenvalue weighted by Crippen LogP contribution is -2.39. The summed E-state index contributed by atoms with van der Waals surface area (Å²) < 4.78 is 0. The zero-order chi connectivity index (χ0) is 16.8. The molecular weight excluding hydrogens is 304 g/mol. The smallest absolute Gasteiger partial charge is 0.321 e. The summed E-state index contributed by atoms with van der Waals surface area (Å²) in [7, 11) is 0. The van der Waals surface area contributed by atoms with E-state index < -0.39 is 0 Å². The van der Waals surface area contributed by atoms with Crippen molar-refractivity contribution in [2.75, 3.05) is 36.8 Å². The van der Waals surface area contributed by atoms with Crippen LogP contribution in [-0.2, 0) is 0 Å². The van der Waals surface area contributed by atoms with Crippen molar-refractivity contribution in [3.05, 3.63) is 24.3 Å². The van der Waals surface area contributed by atoms with Crippen LogP contribution in [0.25, 0.3) is 0 Å². The third-order valence-corrected chi connectivity index (χ3v) is 4.65. The molecule has 1 aromatic carbocycles. The highest BCUT2D eigenvalue weighted by atomic mass is 16.2. The van der Waals surface area contributed by atoms with Crippen LogP contribution < -0.4 is 10.6 Å². The molecule has 130 valence electrons. The van der Waals surface area contributed by atoms with E-state index in [1.165, 1.54) is 12.8 Å². The number of nitrogens with one attached hydrogen (secondary N) is 2. The first-order valence-corrected chi connectivity index (χ1v) is 8.94. The topological polar surface area (TPSA) is 64.7 Å². The Kier molecular flexibility index (Phi) is 5.56. The fourth-order valence-electron chi connectivity index (χ4n) is 3.27. The van der Waals surface area contributed by atoms with Crippen molar-refractivity contribution in [3.8, 4) is 0 Å². The molecule has 0 spiro atoms. The molecule has 0 aliphatic carbocycles. The monoisotopic (exact) mass is 330 g/mol. The van der Waals surface area contributed by atoms with Gasteiger partial charge < -0.3 is 20.4 Å². The second-order valence-electron chi connectivity index (χ2n) is 6.54. The second kappa shape index (κ2) is 8.04. The van der Waals surface area contributed by atoms with Crippen LogP contribution in [0.4, 0.5) is 21.0 Å². The highest BCUT2D eigenvalue weighted by Gasteiger charge is 2.18. The molecule has 6 heteroatoms. The number of hydrogen-bond donors (Lipinski definition) is 2. The highest BCUT2D eigenvalue weighted by molar-refractivity contribution is 5.92. The predicted molar refractivity (Wildman–Crippen MR) is 95.3 cm³/mol. The normalized spacial score (nSPS) is 18.2. The molecule has 2 heterocycles. The number of carbonyl (C=O) groups excluding carboxylic acids is 2. The average molecular weight is 330 g/mol. The summed E-state index contributed by atoms with van der Waals surface area (Å²) in [6, 6.07) is 7.22. The first kappa shape index (κ1) is 16.6. The molecule has 0 bridgehead atoms. The SMILES string of the molecule is O=C(Nc1cccc(NC(=O)N2CCCCC2)c1)N1CCCCC1. The van der Waals surface area contributed by atoms with Crippen LogP contribution in [0.2, 0.25) is 0 Å². The lowest BCUT2D eigenvalue weighted by molar-refractivity contribution is 0.199. The molecule has 0 atom stereocenters. The number of amides is 4. The summed E-state index contributed by atoms with van der Waals surface area (Å²) in [4.78, 5) is 28.2. The van der Waals surface area contributed by atoms with Crippen molar-refractivity contribution < 1.29 is 9.59 Å². The molecule has 24 heavy (non-hydrogen) atoms. The molecule has 2 aliphatic rings. The van der Waals surface area contributed by atoms with Gasteiger partial charge in [-0.3, -0.25) is 0 Å². The van der Waals surface area contributed by atoms with E-state index in [0.717, 1.165) is 51.9 Å². The van der Waals surface area contributed by atoms with Gasteiger partial charge in [-0.1, -0.05) is 6.07 Å². The van der Waals surface area contributed by atoms with Gasteiger partial charge in [-0.2, -0.15) is 0 Å². The van der Waals surface area contributed by atoms with Crippen molar-refractivity contribution >= 4 is 23.4 Å². The molecule has 3 rings (SSSR count). The lowest BCUT2D eigenvalue weighted by Gasteiger charge is -2.27. The molecule has 2 saturated heterocycles. The van der Waals surface area contributed by atoms with E-state index in [1.54, 1.807) is 0 Å². The number of likely N-dealkylation sites (tertiary alicyclic amines) is 2. The number of rotatable bonds is 2. The fraction of sp³-hybridized carbons (Fsp3) is 0.556. The Balaban J connectivity index is 1.57. The Morgan fingerprint density at radius 1 is 0.708 bits per heavy atom. The van der Waals surface area contributed by atoms with Crippen LogP contribution in [0, 0.1) is 0 Å². The van der Waals surface area contributed by atoms with Crippen molar-refractivity contribution in [2.24, 2.45) is 0 Å². The van der Waals surface area contributed by atoms with Crippen LogP contribution >= 0.6 is 0 Å². The van der Waals surface area contributed by atoms with Gasteiger partial charge in [0.25, 0.3) is 0 Å². The summed E-state index contributed by atoms with van der Waals surface area (Å²) in [5.74, 6) is 0. The maximum absolute atomic E-state index is 12.3. The van der Waals surface area contributed by atoms with Crippen molar-refractivity contribution in [2.45, 2.75) is 38.5 Å². The Hall–Kier alpha value is -2.24. The average Bonchev–Trinajstić information content (AvgIpc) is 2.63. The van der Waals surface area contributed by atoms with Gasteiger partial charge in [-0.25, -0.2) is 9.59 Å². The molecular formula is C18H26N4O2. The Labute approximate surface area is 143 Å². The van der Waals surface area contributed by atoms with Crippen molar-refractivity contribution in [3.63, 3.8) is 0 Å². The first-order valence-electron chi connectivity index (χ1n) is 8.94. The number of carbonyl (C=O) groups is 2. The van der Waals surface area contributed by atoms with E-state index in [4.69, 9.17) is 0 Å². The summed E-state index contributed by atoms with van der Waals surface area (Å²) >= 11 is 0. The summed E-state index contributed by atoms with van der Waals surface area (Å²) in [6.45, 7) is 3.27. The minimum absolute atomic E-state index is 0.0609. The van der Waals surface area contributed by atoms with Gasteiger partial charge in [0.2, 0.25) is 0 Å². The summed E-state index contributed by atoms with van der Waals surface area (Å²) in [6.07, 6.45) is 6.67. The third-order valence-electron chi connectivity index (χ3n) is 4.65. The van der Waals surface area contributed by atoms with Gasteiger partial charge in [-0.05, 0) is 56.7 Å². The molecule has 2 fully saturated rings. The zero-order valence-electron chi connectivity index (χ0n) is 14.1. The van der Waals surface area contributed by atoms with E-state index in [1.807, 2.05) is 34.1 Å². The minimum Gasteiger partial charge on any atom is -0.325 e. The number of piperidine rings is 2. The largest absolute Gasteiger partial charge is 0.325 e. The fourth-order valence-corrected chi connectivity index (χ4v) is 3.27. The maximum Gasteiger partial charge on any atom is 0.321 e. The predicted octanol–water partition coefficient (Wildman–Crippen LogP) is 3.72. The number of anilines is 2. The molecule has 2 aliphatic heterocycles. The van der Waals surface area contributed by atoms with E-state index in [-0.39, 0.29) is 12.1 Å². The van der Waals surface area contributed by atoms with E-state index in [0.29, 0.717) is 11.4 Å². The lowest BCUT2D eigenvalue weighted by atomic mass is 10.1. The minimum atomic E-state index is -0.0609. The summed E-state index contributed by atoms with van der Waals surface area (Å²) in [5.41, 5.74) is 1.42. The third kappa shape index (κ3) is 4.40. The van der Waals surface area contributed by atoms with Crippen molar-refractivity contribution in [1.82, 2.24) is 9.80 Å². The van der Waals surface area contributed by atoms with E-state index >= 15 is 0 Å². The second-order valence-corrected chi connectivity index (χ2v) is 6.54. The molecule has 0 saturated carbocycles. The van der Waals surface area contributed by atoms with Gasteiger partial charge in [0, 0.05) is 37.6 Å². The standard InChI is InChI=1S/C18H26N4O2/c23-17(21-10-3-1-4-11-21)19-15-8-7-9-16(14-15)20-18(24)22-12-5-2-6-13-22/h7-9,14H,1-6,10-13H2,(H,19,23)(H,20,24). The van der Waals surface area contributed by atoms with E-state index in [2.05, 4.69) is 10.6 Å². The van der Waals surface area contributed by atoms with Crippen LogP contribution in [0.5, 0.6) is 0 Å². The zero-order valence-corrected chi connectivity index (χ0v) is 14.1. The van der Waals surface area contributed by atoms with Crippen LogP contribution in [-0.4, -0.2) is 48.0 Å². The summed E-state index contributed by atoms with van der Waals surface area (Å²) in [5, 5.41) is 5.85. The quantitative estimate of drug-likeness (QED) is 0.868. The molecule has 4 amide bonds. The first-order chi connectivity index (χ1) is 11.7. The van der Waals surface area contributed by atoms with Crippen molar-refractivity contribution in [1.29, 1.82) is 0 Å². The molecule has 0 unspecified atom stereocenters. The van der Waals surface area contributed by atoms with Crippen LogP contribution in [0.3, 0.4) is 0 Å². The molecule has 1 aromatic rings. The van der Waals surface area contributed by atoms with Gasteiger partial charge in [0.15, 0.2) is 0 Å². The number of nitrogens with zero attached hydrogens (tertiary/aromatic N) is 2. The van der Waals surface area contributed by atoms with Gasteiger partial charge in [-0.15, -0.1) is 0 Å². The van der Waals surface area contributed by atoms with Gasteiger partial charge >= 0.3 is 12.1 Å². The number of urea groups is 2. The Bertz CT molecular complexity index is 531. The van der Waals surface area contributed by atoms with Gasteiger partial charge in [0.05, 0.1) is 0 Å². The van der Waals surface area contributed by atoms with Crippen LogP contribution in [0.15, 0.2) is 24.3 Å². The van der Waals surface area contributed by atoms with Gasteiger partial charge in [0.1, 0.15) is 0 Å². The highest BCUT2D eigenvalue weighted by Crippen LogP contribution is 2.18. The number of benzene rings is 1. The Morgan fingerprint density at radius 2 is 1.12 bits per heavy atom. The van der Waals surface area contributed by atoms with Crippen LogP contribution in [0.1, 0.15) is 38.5 Å². The number of hydrogen-bond acceptors (Lipinski definition) is 2. The molecule has 0 radical (unpaired) electrons. The Morgan fingerprint density at radius 3 is 1.54 bits per heavy atom. The maximum atomic E-state index is 12.3. The molecule has 6 nitrogen and oxygen atoms in total. The van der Waals surface area contributed by atoms with E-state index in [9.17, 15) is 9.59 Å². The molecule has 0 aromatic heterocycles.